The maximum atomic E-state index is 12.7. The SMILES string of the molecule is Cc1ccc(C#N)cc1Nc1nccc(-c2cc(C#N)c3c(c2)[C@@](C)(COC(=O)CN2CCN(C)CC2)CN3)n1. The minimum absolute atomic E-state index is 0.207. The molecular formula is C30H32N8O2. The smallest absolute Gasteiger partial charge is 0.320 e. The number of aromatic nitrogens is 2. The molecule has 0 radical (unpaired) electrons. The number of nitrogens with one attached hydrogen (secondary N) is 2. The number of carbonyl (C=O) groups is 1. The second-order valence-corrected chi connectivity index (χ2v) is 10.7. The average molecular weight is 537 g/mol. The molecule has 2 aliphatic rings. The third kappa shape index (κ3) is 5.74. The molecule has 40 heavy (non-hydrogen) atoms. The summed E-state index contributed by atoms with van der Waals surface area (Å²) in [5.41, 5.74) is 5.34. The van der Waals surface area contributed by atoms with E-state index in [0.29, 0.717) is 29.3 Å². The zero-order valence-corrected chi connectivity index (χ0v) is 23.0. The Bertz CT molecular complexity index is 1520. The molecule has 0 aliphatic carbocycles. The predicted molar refractivity (Wildman–Crippen MR) is 152 cm³/mol. The second-order valence-electron chi connectivity index (χ2n) is 10.7. The summed E-state index contributed by atoms with van der Waals surface area (Å²) in [5.74, 6) is 0.145. The summed E-state index contributed by atoms with van der Waals surface area (Å²) in [6.07, 6.45) is 1.66. The lowest BCUT2D eigenvalue weighted by molar-refractivity contribution is -0.147. The van der Waals surface area contributed by atoms with Crippen LogP contribution in [0.2, 0.25) is 0 Å². The third-order valence-electron chi connectivity index (χ3n) is 7.63. The van der Waals surface area contributed by atoms with Crippen molar-refractivity contribution in [3.63, 3.8) is 0 Å². The van der Waals surface area contributed by atoms with Gasteiger partial charge in [-0.15, -0.1) is 0 Å². The number of fused-ring (bicyclic) bond motifs is 1. The third-order valence-corrected chi connectivity index (χ3v) is 7.63. The lowest BCUT2D eigenvalue weighted by Gasteiger charge is -2.32. The van der Waals surface area contributed by atoms with Crippen LogP contribution in [0.1, 0.15) is 29.2 Å². The van der Waals surface area contributed by atoms with Gasteiger partial charge in [-0.1, -0.05) is 13.0 Å². The highest BCUT2D eigenvalue weighted by atomic mass is 16.5. The van der Waals surface area contributed by atoms with Gasteiger partial charge in [-0.3, -0.25) is 9.69 Å². The lowest BCUT2D eigenvalue weighted by Crippen LogP contribution is -2.46. The van der Waals surface area contributed by atoms with E-state index in [-0.39, 0.29) is 19.1 Å². The Morgan fingerprint density at radius 2 is 1.95 bits per heavy atom. The predicted octanol–water partition coefficient (Wildman–Crippen LogP) is 3.41. The van der Waals surface area contributed by atoms with Gasteiger partial charge in [0.15, 0.2) is 0 Å². The number of nitrogens with zero attached hydrogens (tertiary/aromatic N) is 6. The van der Waals surface area contributed by atoms with Gasteiger partial charge in [0.2, 0.25) is 5.95 Å². The van der Waals surface area contributed by atoms with Crippen molar-refractivity contribution in [3.05, 3.63) is 64.8 Å². The van der Waals surface area contributed by atoms with Crippen LogP contribution in [-0.2, 0) is 14.9 Å². The molecule has 204 valence electrons. The first-order chi connectivity index (χ1) is 19.3. The summed E-state index contributed by atoms with van der Waals surface area (Å²) in [6.45, 7) is 8.59. The Morgan fingerprint density at radius 1 is 1.15 bits per heavy atom. The summed E-state index contributed by atoms with van der Waals surface area (Å²) in [4.78, 5) is 26.1. The molecule has 0 unspecified atom stereocenters. The molecule has 1 aromatic heterocycles. The number of anilines is 3. The summed E-state index contributed by atoms with van der Waals surface area (Å²) < 4.78 is 5.77. The maximum Gasteiger partial charge on any atom is 0.320 e. The molecule has 10 heteroatoms. The van der Waals surface area contributed by atoms with E-state index < -0.39 is 5.41 Å². The van der Waals surface area contributed by atoms with Crippen LogP contribution >= 0.6 is 0 Å². The first-order valence-electron chi connectivity index (χ1n) is 13.3. The number of rotatable bonds is 7. The maximum absolute atomic E-state index is 12.7. The standard InChI is InChI=1S/C30H32N8O2/c1-20-4-5-21(15-31)12-26(20)36-29-33-7-6-25(35-29)22-13-23(16-32)28-24(14-22)30(2,18-34-28)19-40-27(39)17-38-10-8-37(3)9-11-38/h4-7,12-14,34H,8-11,17-19H2,1-3H3,(H,33,35,36)/t30-/m1/s1. The molecule has 0 saturated carbocycles. The molecule has 0 amide bonds. The monoisotopic (exact) mass is 536 g/mol. The van der Waals surface area contributed by atoms with Crippen molar-refractivity contribution < 1.29 is 9.53 Å². The zero-order chi connectivity index (χ0) is 28.3. The van der Waals surface area contributed by atoms with E-state index in [0.717, 1.165) is 54.2 Å². The molecule has 10 nitrogen and oxygen atoms in total. The van der Waals surface area contributed by atoms with Gasteiger partial charge in [-0.05, 0) is 55.4 Å². The number of esters is 1. The summed E-state index contributed by atoms with van der Waals surface area (Å²) in [6, 6.07) is 15.5. The van der Waals surface area contributed by atoms with Crippen molar-refractivity contribution in [1.82, 2.24) is 19.8 Å². The Labute approximate surface area is 234 Å². The highest BCUT2D eigenvalue weighted by molar-refractivity contribution is 5.77. The number of benzene rings is 2. The number of likely N-dealkylation sites (N-methyl/N-ethyl adjacent to an activating group) is 1. The number of hydrogen-bond donors (Lipinski definition) is 2. The topological polar surface area (TPSA) is 130 Å². The Morgan fingerprint density at radius 3 is 2.70 bits per heavy atom. The van der Waals surface area contributed by atoms with Gasteiger partial charge in [0.05, 0.1) is 35.1 Å². The van der Waals surface area contributed by atoms with E-state index in [1.54, 1.807) is 24.4 Å². The number of nitriles is 2. The van der Waals surface area contributed by atoms with Gasteiger partial charge < -0.3 is 20.3 Å². The first-order valence-corrected chi connectivity index (χ1v) is 13.3. The molecule has 1 atom stereocenters. The van der Waals surface area contributed by atoms with Crippen LogP contribution in [0.25, 0.3) is 11.3 Å². The normalized spacial score (nSPS) is 18.7. The first kappa shape index (κ1) is 27.1. The highest BCUT2D eigenvalue weighted by Crippen LogP contribution is 2.41. The van der Waals surface area contributed by atoms with Crippen LogP contribution < -0.4 is 10.6 Å². The van der Waals surface area contributed by atoms with Crippen molar-refractivity contribution >= 4 is 23.3 Å². The van der Waals surface area contributed by atoms with Gasteiger partial charge in [-0.2, -0.15) is 10.5 Å². The van der Waals surface area contributed by atoms with E-state index >= 15 is 0 Å². The molecule has 3 heterocycles. The molecule has 5 rings (SSSR count). The lowest BCUT2D eigenvalue weighted by atomic mass is 9.83. The minimum Gasteiger partial charge on any atom is -0.464 e. The van der Waals surface area contributed by atoms with Gasteiger partial charge in [0.25, 0.3) is 0 Å². The van der Waals surface area contributed by atoms with Crippen LogP contribution in [0.15, 0.2) is 42.6 Å². The van der Waals surface area contributed by atoms with Crippen molar-refractivity contribution in [3.8, 4) is 23.4 Å². The number of hydrogen-bond acceptors (Lipinski definition) is 10. The fourth-order valence-electron chi connectivity index (χ4n) is 5.05. The molecule has 2 aliphatic heterocycles. The largest absolute Gasteiger partial charge is 0.464 e. The van der Waals surface area contributed by atoms with Crippen molar-refractivity contribution in [2.75, 3.05) is 63.6 Å². The number of aryl methyl sites for hydroxylation is 1. The van der Waals surface area contributed by atoms with Crippen LogP contribution in [0.3, 0.4) is 0 Å². The highest BCUT2D eigenvalue weighted by Gasteiger charge is 2.38. The van der Waals surface area contributed by atoms with Gasteiger partial charge in [0.1, 0.15) is 12.7 Å². The van der Waals surface area contributed by atoms with E-state index in [1.807, 2.05) is 32.0 Å². The molecule has 0 spiro atoms. The number of piperazine rings is 1. The van der Waals surface area contributed by atoms with Crippen LogP contribution in [0.4, 0.5) is 17.3 Å². The molecule has 2 N–H and O–H groups in total. The number of ether oxygens (including phenoxy) is 1. The van der Waals surface area contributed by atoms with Crippen molar-refractivity contribution in [2.24, 2.45) is 0 Å². The number of carbonyl (C=O) groups excluding carboxylic acids is 1. The summed E-state index contributed by atoms with van der Waals surface area (Å²) in [7, 11) is 2.08. The van der Waals surface area contributed by atoms with Gasteiger partial charge in [-0.25, -0.2) is 9.97 Å². The van der Waals surface area contributed by atoms with Gasteiger partial charge in [0, 0.05) is 55.6 Å². The summed E-state index contributed by atoms with van der Waals surface area (Å²) in [5, 5.41) is 25.8. The quantitative estimate of drug-likeness (QED) is 0.433. The average Bonchev–Trinajstić information content (AvgIpc) is 3.30. The Kier molecular flexibility index (Phi) is 7.65. The van der Waals surface area contributed by atoms with Crippen molar-refractivity contribution in [1.29, 1.82) is 10.5 Å². The Balaban J connectivity index is 1.36. The summed E-state index contributed by atoms with van der Waals surface area (Å²) >= 11 is 0. The van der Waals surface area contributed by atoms with Crippen LogP contribution in [0, 0.1) is 29.6 Å². The van der Waals surface area contributed by atoms with Crippen LogP contribution in [0.5, 0.6) is 0 Å². The fourth-order valence-corrected chi connectivity index (χ4v) is 5.05. The van der Waals surface area contributed by atoms with Crippen molar-refractivity contribution in [2.45, 2.75) is 19.3 Å². The molecule has 1 fully saturated rings. The molecule has 2 aromatic carbocycles. The fraction of sp³-hybridized carbons (Fsp3) is 0.367. The van der Waals surface area contributed by atoms with Crippen LogP contribution in [-0.4, -0.2) is 78.7 Å². The molecule has 1 saturated heterocycles. The van der Waals surface area contributed by atoms with Gasteiger partial charge >= 0.3 is 5.97 Å². The van der Waals surface area contributed by atoms with E-state index in [9.17, 15) is 15.3 Å². The Hall–Kier alpha value is -4.51. The van der Waals surface area contributed by atoms with E-state index in [2.05, 4.69) is 44.6 Å². The zero-order valence-electron chi connectivity index (χ0n) is 23.0. The minimum atomic E-state index is -0.502. The molecular weight excluding hydrogens is 504 g/mol. The molecule has 0 bridgehead atoms. The molecule has 3 aromatic rings. The van der Waals surface area contributed by atoms with E-state index in [4.69, 9.17) is 9.72 Å². The second kappa shape index (κ2) is 11.3. The van der Waals surface area contributed by atoms with E-state index in [1.165, 1.54) is 0 Å².